The van der Waals surface area contributed by atoms with Gasteiger partial charge in [0.05, 0.1) is 6.04 Å². The molecule has 0 spiro atoms. The van der Waals surface area contributed by atoms with Gasteiger partial charge in [0, 0.05) is 11.9 Å². The summed E-state index contributed by atoms with van der Waals surface area (Å²) in [7, 11) is 0. The van der Waals surface area contributed by atoms with Crippen molar-refractivity contribution < 1.29 is 0 Å². The van der Waals surface area contributed by atoms with E-state index in [9.17, 15) is 0 Å². The molecule has 0 amide bonds. The summed E-state index contributed by atoms with van der Waals surface area (Å²) in [6.45, 7) is 3.11. The smallest absolute Gasteiger partial charge is 0.145 e. The summed E-state index contributed by atoms with van der Waals surface area (Å²) >= 11 is 0. The number of hydrogen-bond donors (Lipinski definition) is 1. The molecule has 1 aromatic rings. The van der Waals surface area contributed by atoms with Crippen molar-refractivity contribution in [2.45, 2.75) is 38.6 Å². The zero-order valence-electron chi connectivity index (χ0n) is 8.66. The van der Waals surface area contributed by atoms with E-state index < -0.39 is 0 Å². The molecular formula is C11H17N3. The van der Waals surface area contributed by atoms with E-state index in [4.69, 9.17) is 0 Å². The maximum atomic E-state index is 4.46. The molecule has 0 bridgehead atoms. The molecule has 14 heavy (non-hydrogen) atoms. The lowest BCUT2D eigenvalue weighted by Gasteiger charge is -2.13. The van der Waals surface area contributed by atoms with E-state index in [0.717, 1.165) is 18.1 Å². The van der Waals surface area contributed by atoms with E-state index in [1.54, 1.807) is 0 Å². The summed E-state index contributed by atoms with van der Waals surface area (Å²) in [5.74, 6) is 0.965. The third kappa shape index (κ3) is 2.29. The first kappa shape index (κ1) is 9.59. The normalized spacial score (nSPS) is 23.1. The summed E-state index contributed by atoms with van der Waals surface area (Å²) in [5.41, 5.74) is 1.06. The van der Waals surface area contributed by atoms with Crippen LogP contribution in [-0.4, -0.2) is 16.5 Å². The van der Waals surface area contributed by atoms with Gasteiger partial charge in [-0.05, 0) is 32.4 Å². The van der Waals surface area contributed by atoms with Crippen LogP contribution in [0.15, 0.2) is 12.3 Å². The SMILES string of the molecule is Cc1ccnc(C2CCCCCN2)n1. The van der Waals surface area contributed by atoms with Gasteiger partial charge in [-0.25, -0.2) is 9.97 Å². The van der Waals surface area contributed by atoms with Gasteiger partial charge in [-0.15, -0.1) is 0 Å². The highest BCUT2D eigenvalue weighted by Crippen LogP contribution is 2.19. The minimum atomic E-state index is 0.373. The average molecular weight is 191 g/mol. The molecular weight excluding hydrogens is 174 g/mol. The Morgan fingerprint density at radius 1 is 1.36 bits per heavy atom. The molecule has 1 aliphatic heterocycles. The molecule has 1 aromatic heterocycles. The van der Waals surface area contributed by atoms with Crippen LogP contribution in [-0.2, 0) is 0 Å². The fraction of sp³-hybridized carbons (Fsp3) is 0.636. The zero-order valence-corrected chi connectivity index (χ0v) is 8.66. The van der Waals surface area contributed by atoms with Crippen molar-refractivity contribution in [3.05, 3.63) is 23.8 Å². The Kier molecular flexibility index (Phi) is 3.09. The van der Waals surface area contributed by atoms with Crippen LogP contribution < -0.4 is 5.32 Å². The number of hydrogen-bond acceptors (Lipinski definition) is 3. The van der Waals surface area contributed by atoms with Gasteiger partial charge in [0.1, 0.15) is 5.82 Å². The van der Waals surface area contributed by atoms with E-state index in [1.165, 1.54) is 25.7 Å². The quantitative estimate of drug-likeness (QED) is 0.737. The fourth-order valence-electron chi connectivity index (χ4n) is 1.89. The van der Waals surface area contributed by atoms with Gasteiger partial charge in [-0.2, -0.15) is 0 Å². The second-order valence-electron chi connectivity index (χ2n) is 3.91. The van der Waals surface area contributed by atoms with Crippen LogP contribution in [0.4, 0.5) is 0 Å². The van der Waals surface area contributed by atoms with Crippen LogP contribution in [0.2, 0.25) is 0 Å². The molecule has 2 heterocycles. The van der Waals surface area contributed by atoms with Gasteiger partial charge >= 0.3 is 0 Å². The maximum Gasteiger partial charge on any atom is 0.145 e. The van der Waals surface area contributed by atoms with E-state index >= 15 is 0 Å². The van der Waals surface area contributed by atoms with Crippen LogP contribution in [0.1, 0.15) is 43.2 Å². The highest BCUT2D eigenvalue weighted by atomic mass is 15.0. The van der Waals surface area contributed by atoms with Crippen molar-refractivity contribution in [2.75, 3.05) is 6.54 Å². The van der Waals surface area contributed by atoms with Crippen molar-refractivity contribution in [1.29, 1.82) is 0 Å². The predicted octanol–water partition coefficient (Wildman–Crippen LogP) is 1.99. The van der Waals surface area contributed by atoms with Crippen molar-refractivity contribution in [2.24, 2.45) is 0 Å². The van der Waals surface area contributed by atoms with Gasteiger partial charge in [0.15, 0.2) is 0 Å². The van der Waals surface area contributed by atoms with E-state index in [-0.39, 0.29) is 0 Å². The fourth-order valence-corrected chi connectivity index (χ4v) is 1.89. The first-order chi connectivity index (χ1) is 6.86. The van der Waals surface area contributed by atoms with E-state index in [2.05, 4.69) is 15.3 Å². The minimum absolute atomic E-state index is 0.373. The summed E-state index contributed by atoms with van der Waals surface area (Å²) in [6, 6.07) is 2.32. The van der Waals surface area contributed by atoms with Gasteiger partial charge < -0.3 is 5.32 Å². The number of nitrogens with one attached hydrogen (secondary N) is 1. The molecule has 1 fully saturated rings. The molecule has 0 radical (unpaired) electrons. The molecule has 0 aromatic carbocycles. The average Bonchev–Trinajstić information content (AvgIpc) is 2.45. The van der Waals surface area contributed by atoms with Gasteiger partial charge in [0.2, 0.25) is 0 Å². The molecule has 1 unspecified atom stereocenters. The van der Waals surface area contributed by atoms with Crippen LogP contribution in [0.3, 0.4) is 0 Å². The maximum absolute atomic E-state index is 4.46. The van der Waals surface area contributed by atoms with Gasteiger partial charge in [-0.3, -0.25) is 0 Å². The minimum Gasteiger partial charge on any atom is -0.307 e. The van der Waals surface area contributed by atoms with E-state index in [0.29, 0.717) is 6.04 Å². The van der Waals surface area contributed by atoms with Crippen LogP contribution in [0, 0.1) is 6.92 Å². The lowest BCUT2D eigenvalue weighted by molar-refractivity contribution is 0.506. The Balaban J connectivity index is 2.12. The van der Waals surface area contributed by atoms with Crippen molar-refractivity contribution in [1.82, 2.24) is 15.3 Å². The van der Waals surface area contributed by atoms with E-state index in [1.807, 2.05) is 19.2 Å². The van der Waals surface area contributed by atoms with Crippen LogP contribution >= 0.6 is 0 Å². The van der Waals surface area contributed by atoms with Gasteiger partial charge in [0.25, 0.3) is 0 Å². The second-order valence-corrected chi connectivity index (χ2v) is 3.91. The standard InChI is InChI=1S/C11H17N3/c1-9-6-8-13-11(14-9)10-5-3-2-4-7-12-10/h6,8,10,12H,2-5,7H2,1H3. The molecule has 3 heteroatoms. The summed E-state index contributed by atoms with van der Waals surface area (Å²) < 4.78 is 0. The Morgan fingerprint density at radius 2 is 2.29 bits per heavy atom. The number of nitrogens with zero attached hydrogens (tertiary/aromatic N) is 2. The molecule has 76 valence electrons. The largest absolute Gasteiger partial charge is 0.307 e. The highest BCUT2D eigenvalue weighted by molar-refractivity contribution is 5.03. The summed E-state index contributed by atoms with van der Waals surface area (Å²) in [6.07, 6.45) is 6.92. The summed E-state index contributed by atoms with van der Waals surface area (Å²) in [5, 5.41) is 3.50. The zero-order chi connectivity index (χ0) is 9.80. The van der Waals surface area contributed by atoms with Crippen molar-refractivity contribution >= 4 is 0 Å². The molecule has 1 saturated heterocycles. The molecule has 1 N–H and O–H groups in total. The molecule has 0 saturated carbocycles. The van der Waals surface area contributed by atoms with Crippen molar-refractivity contribution in [3.8, 4) is 0 Å². The Hall–Kier alpha value is -0.960. The first-order valence-electron chi connectivity index (χ1n) is 5.39. The van der Waals surface area contributed by atoms with Crippen molar-refractivity contribution in [3.63, 3.8) is 0 Å². The topological polar surface area (TPSA) is 37.8 Å². The Labute approximate surface area is 85.0 Å². The third-order valence-electron chi connectivity index (χ3n) is 2.69. The third-order valence-corrected chi connectivity index (χ3v) is 2.69. The molecule has 2 rings (SSSR count). The number of aromatic nitrogens is 2. The highest BCUT2D eigenvalue weighted by Gasteiger charge is 2.15. The Morgan fingerprint density at radius 3 is 3.14 bits per heavy atom. The number of aryl methyl sites for hydroxylation is 1. The predicted molar refractivity (Wildman–Crippen MR) is 56.0 cm³/mol. The van der Waals surface area contributed by atoms with Crippen LogP contribution in [0.5, 0.6) is 0 Å². The molecule has 1 aliphatic rings. The number of rotatable bonds is 1. The second kappa shape index (κ2) is 4.51. The Bertz CT molecular complexity index is 290. The molecule has 1 atom stereocenters. The molecule has 3 nitrogen and oxygen atoms in total. The lowest BCUT2D eigenvalue weighted by atomic mass is 10.1. The first-order valence-corrected chi connectivity index (χ1v) is 5.39. The summed E-state index contributed by atoms with van der Waals surface area (Å²) in [4.78, 5) is 8.80. The molecule has 0 aliphatic carbocycles. The lowest BCUT2D eigenvalue weighted by Crippen LogP contribution is -2.22. The van der Waals surface area contributed by atoms with Crippen LogP contribution in [0.25, 0.3) is 0 Å². The van der Waals surface area contributed by atoms with Gasteiger partial charge in [-0.1, -0.05) is 12.8 Å². The monoisotopic (exact) mass is 191 g/mol.